The first-order valence-corrected chi connectivity index (χ1v) is 10.0. The van der Waals surface area contributed by atoms with Crippen LogP contribution in [0.4, 0.5) is 0 Å². The minimum atomic E-state index is 0.813. The van der Waals surface area contributed by atoms with Crippen LogP contribution in [0.3, 0.4) is 0 Å². The number of aromatic nitrogens is 2. The molecule has 0 bridgehead atoms. The number of nitrogens with zero attached hydrogens (tertiary/aromatic N) is 2. The largest absolute Gasteiger partial charge is 0.454 e. The molecule has 3 heteroatoms. The second-order valence-corrected chi connectivity index (χ2v) is 7.27. The zero-order chi connectivity index (χ0) is 19.9. The van der Waals surface area contributed by atoms with Crippen LogP contribution in [0.15, 0.2) is 109 Å². The number of fused-ring (bicyclic) bond motifs is 5. The summed E-state index contributed by atoms with van der Waals surface area (Å²) in [6.45, 7) is 0. The lowest BCUT2D eigenvalue weighted by atomic mass is 10.0. The summed E-state index contributed by atoms with van der Waals surface area (Å²) in [4.78, 5) is 5.18. The van der Waals surface area contributed by atoms with Crippen molar-refractivity contribution < 1.29 is 4.74 Å². The van der Waals surface area contributed by atoms with E-state index in [0.29, 0.717) is 0 Å². The van der Waals surface area contributed by atoms with E-state index >= 15 is 0 Å². The van der Waals surface area contributed by atoms with E-state index in [1.807, 2.05) is 48.5 Å². The molecule has 0 saturated carbocycles. The van der Waals surface area contributed by atoms with Crippen LogP contribution in [0.2, 0.25) is 0 Å². The fraction of sp³-hybridized carbons (Fsp3) is 0. The molecule has 0 atom stereocenters. The topological polar surface area (TPSA) is 27.1 Å². The molecule has 4 aromatic carbocycles. The molecule has 30 heavy (non-hydrogen) atoms. The summed E-state index contributed by atoms with van der Waals surface area (Å²) in [6, 6.07) is 37.1. The van der Waals surface area contributed by atoms with Gasteiger partial charge >= 0.3 is 0 Å². The number of imidazole rings is 1. The Balaban J connectivity index is 1.78. The molecular weight excluding hydrogens is 368 g/mol. The van der Waals surface area contributed by atoms with Crippen LogP contribution in [0, 0.1) is 0 Å². The van der Waals surface area contributed by atoms with Gasteiger partial charge in [-0.05, 0) is 24.3 Å². The fourth-order valence-electron chi connectivity index (χ4n) is 4.08. The molecule has 1 aromatic heterocycles. The third-order valence-electron chi connectivity index (χ3n) is 5.43. The Kier molecular flexibility index (Phi) is 3.78. The molecule has 3 nitrogen and oxygen atoms in total. The SMILES string of the molecule is c1ccc(-c2nc3n(c2-c2ccccc2)-c2ccccc2Oc2ccccc2-3)cc1. The first-order chi connectivity index (χ1) is 14.9. The van der Waals surface area contributed by atoms with Crippen molar-refractivity contribution in [3.05, 3.63) is 109 Å². The van der Waals surface area contributed by atoms with Crippen LogP contribution in [-0.2, 0) is 0 Å². The van der Waals surface area contributed by atoms with Gasteiger partial charge in [0.25, 0.3) is 0 Å². The summed E-state index contributed by atoms with van der Waals surface area (Å²) < 4.78 is 8.55. The van der Waals surface area contributed by atoms with E-state index in [1.54, 1.807) is 0 Å². The monoisotopic (exact) mass is 386 g/mol. The third-order valence-corrected chi connectivity index (χ3v) is 5.43. The third kappa shape index (κ3) is 2.56. The van der Waals surface area contributed by atoms with Crippen molar-refractivity contribution in [1.29, 1.82) is 0 Å². The summed E-state index contributed by atoms with van der Waals surface area (Å²) in [5.74, 6) is 2.51. The van der Waals surface area contributed by atoms with Crippen molar-refractivity contribution in [1.82, 2.24) is 9.55 Å². The van der Waals surface area contributed by atoms with Gasteiger partial charge in [0.05, 0.1) is 22.6 Å². The van der Waals surface area contributed by atoms with Crippen molar-refractivity contribution in [2.45, 2.75) is 0 Å². The number of benzene rings is 4. The number of rotatable bonds is 2. The summed E-state index contributed by atoms with van der Waals surface area (Å²) in [5.41, 5.74) is 6.19. The smallest absolute Gasteiger partial charge is 0.151 e. The van der Waals surface area contributed by atoms with Gasteiger partial charge in [-0.3, -0.25) is 4.57 Å². The van der Waals surface area contributed by atoms with Crippen molar-refractivity contribution in [3.8, 4) is 51.1 Å². The molecule has 0 unspecified atom stereocenters. The van der Waals surface area contributed by atoms with Crippen molar-refractivity contribution >= 4 is 0 Å². The van der Waals surface area contributed by atoms with E-state index in [4.69, 9.17) is 9.72 Å². The highest BCUT2D eigenvalue weighted by Gasteiger charge is 2.27. The van der Waals surface area contributed by atoms with Crippen molar-refractivity contribution in [2.24, 2.45) is 0 Å². The summed E-state index contributed by atoms with van der Waals surface area (Å²) >= 11 is 0. The number of ether oxygens (including phenoxy) is 1. The molecule has 0 amide bonds. The molecule has 6 rings (SSSR count). The number of para-hydroxylation sites is 3. The molecule has 0 fully saturated rings. The number of hydrogen-bond acceptors (Lipinski definition) is 2. The number of hydrogen-bond donors (Lipinski definition) is 0. The highest BCUT2D eigenvalue weighted by Crippen LogP contribution is 2.46. The average molecular weight is 386 g/mol. The molecule has 0 saturated heterocycles. The van der Waals surface area contributed by atoms with Gasteiger partial charge in [0.15, 0.2) is 5.75 Å². The van der Waals surface area contributed by atoms with Crippen LogP contribution in [-0.4, -0.2) is 9.55 Å². The van der Waals surface area contributed by atoms with E-state index in [1.165, 1.54) is 0 Å². The van der Waals surface area contributed by atoms with E-state index in [2.05, 4.69) is 65.2 Å². The first-order valence-electron chi connectivity index (χ1n) is 10.0. The van der Waals surface area contributed by atoms with E-state index < -0.39 is 0 Å². The lowest BCUT2D eigenvalue weighted by Gasteiger charge is -2.13. The van der Waals surface area contributed by atoms with Crippen LogP contribution >= 0.6 is 0 Å². The second kappa shape index (κ2) is 6.75. The highest BCUT2D eigenvalue weighted by atomic mass is 16.5. The average Bonchev–Trinajstić information content (AvgIpc) is 3.15. The molecule has 0 aliphatic carbocycles. The maximum absolute atomic E-state index is 6.32. The van der Waals surface area contributed by atoms with Gasteiger partial charge in [-0.15, -0.1) is 0 Å². The van der Waals surface area contributed by atoms with Gasteiger partial charge < -0.3 is 4.74 Å². The predicted molar refractivity (Wildman–Crippen MR) is 120 cm³/mol. The van der Waals surface area contributed by atoms with Gasteiger partial charge in [0.2, 0.25) is 0 Å². The lowest BCUT2D eigenvalue weighted by Crippen LogP contribution is -1.99. The summed E-state index contributed by atoms with van der Waals surface area (Å²) in [7, 11) is 0. The Morgan fingerprint density at radius 1 is 0.567 bits per heavy atom. The Morgan fingerprint density at radius 2 is 1.17 bits per heavy atom. The van der Waals surface area contributed by atoms with E-state index in [-0.39, 0.29) is 0 Å². The molecule has 2 heterocycles. The zero-order valence-electron chi connectivity index (χ0n) is 16.2. The molecule has 1 aliphatic heterocycles. The van der Waals surface area contributed by atoms with Crippen LogP contribution < -0.4 is 4.74 Å². The quantitative estimate of drug-likeness (QED) is 0.321. The maximum atomic E-state index is 6.32. The van der Waals surface area contributed by atoms with Gasteiger partial charge in [-0.2, -0.15) is 0 Å². The Bertz CT molecular complexity index is 1350. The van der Waals surface area contributed by atoms with Crippen molar-refractivity contribution in [2.75, 3.05) is 0 Å². The minimum absolute atomic E-state index is 0.813. The molecule has 0 radical (unpaired) electrons. The Hall–Kier alpha value is -4.11. The van der Waals surface area contributed by atoms with Crippen LogP contribution in [0.1, 0.15) is 0 Å². The Morgan fingerprint density at radius 3 is 1.93 bits per heavy atom. The minimum Gasteiger partial charge on any atom is -0.454 e. The standard InChI is InChI=1S/C27H18N2O/c1-3-11-19(12-4-1)25-26(20-13-5-2-6-14-20)29-22-16-8-10-18-24(22)30-23-17-9-7-15-21(23)27(29)28-25/h1-18H. The first kappa shape index (κ1) is 16.8. The fourth-order valence-corrected chi connectivity index (χ4v) is 4.08. The normalized spacial score (nSPS) is 11.6. The van der Waals surface area contributed by atoms with Gasteiger partial charge in [0, 0.05) is 11.1 Å². The van der Waals surface area contributed by atoms with Gasteiger partial charge in [-0.1, -0.05) is 84.9 Å². The molecule has 0 N–H and O–H groups in total. The summed E-state index contributed by atoms with van der Waals surface area (Å²) in [6.07, 6.45) is 0. The highest BCUT2D eigenvalue weighted by molar-refractivity contribution is 5.86. The van der Waals surface area contributed by atoms with Gasteiger partial charge in [0.1, 0.15) is 11.6 Å². The van der Waals surface area contributed by atoms with Crippen molar-refractivity contribution in [3.63, 3.8) is 0 Å². The molecule has 5 aromatic rings. The van der Waals surface area contributed by atoms with Crippen LogP contribution in [0.5, 0.6) is 11.5 Å². The Labute approximate surface area is 174 Å². The lowest BCUT2D eigenvalue weighted by molar-refractivity contribution is 0.485. The maximum Gasteiger partial charge on any atom is 0.151 e. The molecule has 1 aliphatic rings. The zero-order valence-corrected chi connectivity index (χ0v) is 16.2. The molecule has 0 spiro atoms. The molecule has 142 valence electrons. The second-order valence-electron chi connectivity index (χ2n) is 7.27. The van der Waals surface area contributed by atoms with Gasteiger partial charge in [-0.25, -0.2) is 4.98 Å². The van der Waals surface area contributed by atoms with E-state index in [9.17, 15) is 0 Å². The summed E-state index contributed by atoms with van der Waals surface area (Å²) in [5, 5.41) is 0. The van der Waals surface area contributed by atoms with Crippen LogP contribution in [0.25, 0.3) is 39.6 Å². The predicted octanol–water partition coefficient (Wildman–Crippen LogP) is 6.98. The molecular formula is C27H18N2O. The van der Waals surface area contributed by atoms with E-state index in [0.717, 1.165) is 51.1 Å².